The Bertz CT molecular complexity index is 1060. The summed E-state index contributed by atoms with van der Waals surface area (Å²) in [7, 11) is 4.76. The maximum Gasteiger partial charge on any atom is 0.203 e. The molecule has 0 radical (unpaired) electrons. The van der Waals surface area contributed by atoms with Gasteiger partial charge in [-0.05, 0) is 29.3 Å². The second-order valence-electron chi connectivity index (χ2n) is 6.59. The molecule has 0 unspecified atom stereocenters. The molecule has 5 nitrogen and oxygen atoms in total. The molecular formula is C26H25NO4. The van der Waals surface area contributed by atoms with E-state index in [4.69, 9.17) is 14.2 Å². The highest BCUT2D eigenvalue weighted by Gasteiger charge is 2.12. The first-order chi connectivity index (χ1) is 15.2. The van der Waals surface area contributed by atoms with E-state index in [-0.39, 0.29) is 5.78 Å². The van der Waals surface area contributed by atoms with Crippen LogP contribution in [0.3, 0.4) is 0 Å². The van der Waals surface area contributed by atoms with E-state index in [2.05, 4.69) is 5.32 Å². The Hall–Kier alpha value is -3.99. The summed E-state index contributed by atoms with van der Waals surface area (Å²) in [5.41, 5.74) is 3.39. The largest absolute Gasteiger partial charge is 0.493 e. The Balaban J connectivity index is 1.78. The summed E-state index contributed by atoms with van der Waals surface area (Å²) in [4.78, 5) is 12.2. The summed E-state index contributed by atoms with van der Waals surface area (Å²) < 4.78 is 16.2. The van der Waals surface area contributed by atoms with Gasteiger partial charge in [-0.2, -0.15) is 0 Å². The molecule has 0 heterocycles. The van der Waals surface area contributed by atoms with E-state index in [1.54, 1.807) is 39.7 Å². The van der Waals surface area contributed by atoms with Crippen molar-refractivity contribution in [2.75, 3.05) is 26.6 Å². The zero-order chi connectivity index (χ0) is 22.1. The van der Waals surface area contributed by atoms with Gasteiger partial charge in [-0.15, -0.1) is 0 Å². The van der Waals surface area contributed by atoms with Crippen molar-refractivity contribution in [2.45, 2.75) is 0 Å². The molecule has 158 valence electrons. The van der Waals surface area contributed by atoms with E-state index in [0.717, 1.165) is 16.8 Å². The Kier molecular flexibility index (Phi) is 7.49. The summed E-state index contributed by atoms with van der Waals surface area (Å²) in [5.74, 6) is 1.68. The third-order valence-electron chi connectivity index (χ3n) is 4.64. The number of benzene rings is 3. The second-order valence-corrected chi connectivity index (χ2v) is 6.59. The van der Waals surface area contributed by atoms with E-state index in [1.807, 2.05) is 66.7 Å². The number of carbonyl (C=O) groups excluding carboxylic acids is 1. The van der Waals surface area contributed by atoms with E-state index < -0.39 is 0 Å². The predicted octanol–water partition coefficient (Wildman–Crippen LogP) is 5.69. The lowest BCUT2D eigenvalue weighted by Gasteiger charge is -2.13. The molecule has 0 amide bonds. The molecule has 0 aliphatic rings. The van der Waals surface area contributed by atoms with Gasteiger partial charge in [-0.1, -0.05) is 60.7 Å². The molecular weight excluding hydrogens is 390 g/mol. The van der Waals surface area contributed by atoms with Gasteiger partial charge in [0.2, 0.25) is 5.75 Å². The van der Waals surface area contributed by atoms with Crippen LogP contribution in [-0.4, -0.2) is 27.1 Å². The minimum absolute atomic E-state index is 0.0569. The molecule has 0 saturated carbocycles. The molecule has 3 aromatic carbocycles. The summed E-state index contributed by atoms with van der Waals surface area (Å²) in [6.45, 7) is 0. The molecule has 0 aliphatic heterocycles. The lowest BCUT2D eigenvalue weighted by atomic mass is 10.1. The molecule has 0 fully saturated rings. The van der Waals surface area contributed by atoms with Gasteiger partial charge in [0, 0.05) is 23.5 Å². The molecule has 31 heavy (non-hydrogen) atoms. The Morgan fingerprint density at radius 3 is 2.10 bits per heavy atom. The summed E-state index contributed by atoms with van der Waals surface area (Å²) in [5, 5.41) is 3.19. The zero-order valence-corrected chi connectivity index (χ0v) is 17.8. The van der Waals surface area contributed by atoms with Crippen LogP contribution in [0, 0.1) is 0 Å². The molecule has 0 atom stereocenters. The van der Waals surface area contributed by atoms with Gasteiger partial charge in [0.1, 0.15) is 0 Å². The predicted molar refractivity (Wildman–Crippen MR) is 125 cm³/mol. The number of para-hydroxylation sites is 1. The number of anilines is 1. The van der Waals surface area contributed by atoms with Crippen molar-refractivity contribution in [3.8, 4) is 17.2 Å². The van der Waals surface area contributed by atoms with E-state index in [1.165, 1.54) is 6.08 Å². The maximum atomic E-state index is 12.2. The number of hydrogen-bond acceptors (Lipinski definition) is 5. The standard InChI is InChI=1S/C26H25NO4/c1-29-24-17-19(18-25(30-2)26(24)31-3)13-14-20-9-7-8-12-22(20)27-16-15-23(28)21-10-5-4-6-11-21/h4-18,27H,1-3H3. The second kappa shape index (κ2) is 10.7. The number of rotatable bonds is 9. The van der Waals surface area contributed by atoms with Gasteiger partial charge >= 0.3 is 0 Å². The van der Waals surface area contributed by atoms with Crippen LogP contribution >= 0.6 is 0 Å². The van der Waals surface area contributed by atoms with E-state index in [9.17, 15) is 4.79 Å². The van der Waals surface area contributed by atoms with Crippen LogP contribution in [0.5, 0.6) is 17.2 Å². The van der Waals surface area contributed by atoms with Gasteiger partial charge in [0.05, 0.1) is 21.3 Å². The normalized spacial score (nSPS) is 10.9. The highest BCUT2D eigenvalue weighted by atomic mass is 16.5. The molecule has 5 heteroatoms. The summed E-state index contributed by atoms with van der Waals surface area (Å²) in [6.07, 6.45) is 7.12. The van der Waals surface area contributed by atoms with Crippen LogP contribution < -0.4 is 19.5 Å². The van der Waals surface area contributed by atoms with Crippen LogP contribution in [0.25, 0.3) is 12.2 Å². The van der Waals surface area contributed by atoms with Gasteiger partial charge in [-0.25, -0.2) is 0 Å². The van der Waals surface area contributed by atoms with Crippen molar-refractivity contribution in [3.63, 3.8) is 0 Å². The molecule has 0 bridgehead atoms. The minimum atomic E-state index is -0.0569. The summed E-state index contributed by atoms with van der Waals surface area (Å²) in [6, 6.07) is 20.8. The van der Waals surface area contributed by atoms with Crippen molar-refractivity contribution in [1.29, 1.82) is 0 Å². The number of ether oxygens (including phenoxy) is 3. The van der Waals surface area contributed by atoms with Crippen LogP contribution in [0.2, 0.25) is 0 Å². The van der Waals surface area contributed by atoms with E-state index in [0.29, 0.717) is 22.8 Å². The van der Waals surface area contributed by atoms with Gasteiger partial charge in [-0.3, -0.25) is 4.79 Å². The van der Waals surface area contributed by atoms with Gasteiger partial charge in [0.25, 0.3) is 0 Å². The fraction of sp³-hybridized carbons (Fsp3) is 0.115. The average molecular weight is 415 g/mol. The highest BCUT2D eigenvalue weighted by molar-refractivity contribution is 6.04. The SMILES string of the molecule is COc1cc(C=Cc2ccccc2NC=CC(=O)c2ccccc2)cc(OC)c1OC. The first-order valence-corrected chi connectivity index (χ1v) is 9.76. The number of carbonyl (C=O) groups is 1. The first kappa shape index (κ1) is 21.7. The monoisotopic (exact) mass is 415 g/mol. The Morgan fingerprint density at radius 1 is 0.806 bits per heavy atom. The number of nitrogens with one attached hydrogen (secondary N) is 1. The summed E-state index contributed by atoms with van der Waals surface area (Å²) >= 11 is 0. The molecule has 0 saturated heterocycles. The first-order valence-electron chi connectivity index (χ1n) is 9.76. The molecule has 0 aliphatic carbocycles. The number of methoxy groups -OCH3 is 3. The van der Waals surface area contributed by atoms with Crippen LogP contribution in [-0.2, 0) is 0 Å². The third-order valence-corrected chi connectivity index (χ3v) is 4.64. The Labute approximate surface area is 182 Å². The highest BCUT2D eigenvalue weighted by Crippen LogP contribution is 2.38. The Morgan fingerprint density at radius 2 is 1.45 bits per heavy atom. The third kappa shape index (κ3) is 5.54. The van der Waals surface area contributed by atoms with Crippen LogP contribution in [0.1, 0.15) is 21.5 Å². The maximum absolute atomic E-state index is 12.2. The molecule has 3 aromatic rings. The molecule has 3 rings (SSSR count). The fourth-order valence-corrected chi connectivity index (χ4v) is 3.06. The van der Waals surface area contributed by atoms with Gasteiger partial charge < -0.3 is 19.5 Å². The number of ketones is 1. The zero-order valence-electron chi connectivity index (χ0n) is 17.8. The fourth-order valence-electron chi connectivity index (χ4n) is 3.06. The lowest BCUT2D eigenvalue weighted by Crippen LogP contribution is -1.96. The average Bonchev–Trinajstić information content (AvgIpc) is 2.83. The van der Waals surface area contributed by atoms with Crippen molar-refractivity contribution < 1.29 is 19.0 Å². The molecule has 0 spiro atoms. The smallest absolute Gasteiger partial charge is 0.203 e. The molecule has 0 aromatic heterocycles. The topological polar surface area (TPSA) is 56.8 Å². The minimum Gasteiger partial charge on any atom is -0.493 e. The lowest BCUT2D eigenvalue weighted by molar-refractivity contribution is 0.104. The van der Waals surface area contributed by atoms with Crippen LogP contribution in [0.4, 0.5) is 5.69 Å². The van der Waals surface area contributed by atoms with Gasteiger partial charge in [0.15, 0.2) is 17.3 Å². The van der Waals surface area contributed by atoms with E-state index >= 15 is 0 Å². The van der Waals surface area contributed by atoms with Crippen molar-refractivity contribution >= 4 is 23.6 Å². The quantitative estimate of drug-likeness (QED) is 0.276. The van der Waals surface area contributed by atoms with Crippen molar-refractivity contribution in [3.05, 3.63) is 95.7 Å². The van der Waals surface area contributed by atoms with Crippen molar-refractivity contribution in [2.24, 2.45) is 0 Å². The number of allylic oxidation sites excluding steroid dienone is 1. The molecule has 1 N–H and O–H groups in total. The number of hydrogen-bond donors (Lipinski definition) is 1. The van der Waals surface area contributed by atoms with Crippen molar-refractivity contribution in [1.82, 2.24) is 0 Å². The van der Waals surface area contributed by atoms with Crippen LogP contribution in [0.15, 0.2) is 79.0 Å².